The number of H-pyrrole nitrogens is 2. The third-order valence-electron chi connectivity index (χ3n) is 11.2. The molecule has 3 N–H and O–H groups in total. The SMILES string of the molecule is CCCCCCNC(=O)c1c(C)c2cc3nc(cc4[nH]c(cc5nc(c(C(=O)OC)c1[nH]2)[C@@H](CCC(=O)OCCC)[C@@H]5C)c(C)c4C(C)=O)[C@H](C)[C@H]3CC. The zero-order valence-corrected chi connectivity index (χ0v) is 33.5. The highest BCUT2D eigenvalue weighted by molar-refractivity contribution is 6.11. The van der Waals surface area contributed by atoms with Gasteiger partial charge in [0.2, 0.25) is 0 Å². The molecular formula is C43H57N5O6. The highest BCUT2D eigenvalue weighted by Gasteiger charge is 2.36. The fraction of sp³-hybridized carbons (Fsp3) is 0.535. The smallest absolute Gasteiger partial charge is 0.341 e. The van der Waals surface area contributed by atoms with E-state index in [2.05, 4.69) is 36.1 Å². The normalized spacial score (nSPS) is 18.0. The summed E-state index contributed by atoms with van der Waals surface area (Å²) in [6.45, 7) is 16.6. The van der Waals surface area contributed by atoms with Gasteiger partial charge in [0, 0.05) is 70.3 Å². The molecule has 2 aliphatic rings. The fourth-order valence-corrected chi connectivity index (χ4v) is 8.08. The molecule has 1 amide bonds. The summed E-state index contributed by atoms with van der Waals surface area (Å²) in [6.07, 6.45) is 6.01. The van der Waals surface area contributed by atoms with Crippen molar-refractivity contribution in [3.05, 3.63) is 68.8 Å². The molecule has 0 radical (unpaired) electrons. The minimum absolute atomic E-state index is 0.0614. The largest absolute Gasteiger partial charge is 0.466 e. The number of amides is 1. The first kappa shape index (κ1) is 40.4. The van der Waals surface area contributed by atoms with Crippen LogP contribution in [0.1, 0.15) is 182 Å². The van der Waals surface area contributed by atoms with Crippen molar-refractivity contribution in [2.24, 2.45) is 0 Å². The third-order valence-corrected chi connectivity index (χ3v) is 11.2. The summed E-state index contributed by atoms with van der Waals surface area (Å²) in [4.78, 5) is 71.5. The molecule has 3 aromatic rings. The highest BCUT2D eigenvalue weighted by Crippen LogP contribution is 2.43. The lowest BCUT2D eigenvalue weighted by atomic mass is 9.85. The third kappa shape index (κ3) is 8.15. The first-order chi connectivity index (χ1) is 25.9. The molecule has 0 saturated carbocycles. The molecule has 0 saturated heterocycles. The van der Waals surface area contributed by atoms with Gasteiger partial charge < -0.3 is 24.8 Å². The maximum atomic E-state index is 14.2. The Bertz CT molecular complexity index is 2080. The van der Waals surface area contributed by atoms with Gasteiger partial charge >= 0.3 is 11.9 Å². The number of fused-ring (bicyclic) bond motifs is 8. The minimum Gasteiger partial charge on any atom is -0.466 e. The van der Waals surface area contributed by atoms with E-state index in [-0.39, 0.29) is 47.4 Å². The number of hydrogen-bond donors (Lipinski definition) is 3. The maximum Gasteiger partial charge on any atom is 0.341 e. The molecule has 290 valence electrons. The Balaban J connectivity index is 1.91. The van der Waals surface area contributed by atoms with Gasteiger partial charge in [-0.25, -0.2) is 4.79 Å². The van der Waals surface area contributed by atoms with Gasteiger partial charge in [-0.15, -0.1) is 0 Å². The van der Waals surface area contributed by atoms with Crippen molar-refractivity contribution >= 4 is 45.7 Å². The molecule has 0 aliphatic carbocycles. The average Bonchev–Trinajstić information content (AvgIpc) is 3.82. The summed E-state index contributed by atoms with van der Waals surface area (Å²) in [5.41, 5.74) is 7.72. The molecule has 54 heavy (non-hydrogen) atoms. The van der Waals surface area contributed by atoms with Crippen molar-refractivity contribution in [1.29, 1.82) is 0 Å². The lowest BCUT2D eigenvalue weighted by Crippen LogP contribution is -2.25. The molecule has 5 rings (SSSR count). The number of carbonyl (C=O) groups is 4. The number of unbranched alkanes of at least 4 members (excludes halogenated alkanes) is 3. The Morgan fingerprint density at radius 2 is 1.43 bits per heavy atom. The van der Waals surface area contributed by atoms with E-state index in [0.717, 1.165) is 54.6 Å². The summed E-state index contributed by atoms with van der Waals surface area (Å²) in [7, 11) is 1.32. The van der Waals surface area contributed by atoms with Crippen LogP contribution >= 0.6 is 0 Å². The number of aromatic nitrogens is 4. The van der Waals surface area contributed by atoms with Crippen molar-refractivity contribution < 1.29 is 28.7 Å². The van der Waals surface area contributed by atoms with Crippen molar-refractivity contribution in [3.63, 3.8) is 0 Å². The van der Waals surface area contributed by atoms with Gasteiger partial charge in [0.1, 0.15) is 5.56 Å². The van der Waals surface area contributed by atoms with Gasteiger partial charge in [-0.3, -0.25) is 24.4 Å². The number of ether oxygens (including phenoxy) is 2. The second-order valence-corrected chi connectivity index (χ2v) is 14.9. The van der Waals surface area contributed by atoms with Crippen LogP contribution in [0.15, 0.2) is 18.2 Å². The van der Waals surface area contributed by atoms with E-state index in [1.54, 1.807) is 6.92 Å². The number of ketones is 1. The van der Waals surface area contributed by atoms with Gasteiger partial charge in [0.25, 0.3) is 5.91 Å². The van der Waals surface area contributed by atoms with E-state index < -0.39 is 11.9 Å². The second kappa shape index (κ2) is 17.6. The number of rotatable bonds is 14. The van der Waals surface area contributed by atoms with Crippen LogP contribution in [-0.4, -0.2) is 63.8 Å². The summed E-state index contributed by atoms with van der Waals surface area (Å²) >= 11 is 0. The Morgan fingerprint density at radius 3 is 2.09 bits per heavy atom. The maximum absolute atomic E-state index is 14.2. The standard InChI is InChI=1S/C43H57N5O6/c1-10-13-14-15-18-44-42(51)38-26(7)33-21-34-28(12-3)23(4)30(45-34)22-35-37(27(8)49)25(6)32(46-35)20-31-24(5)29(16-17-36(50)54-19-11-2)40(47-31)39(41(38)48-33)43(52)53-9/h20-24,28-29,46,48H,10-19H2,1-9H3,(H,44,51)/t23-,24+,28-,29+/m1/s1. The molecule has 0 spiro atoms. The van der Waals surface area contributed by atoms with Crippen LogP contribution in [0.2, 0.25) is 0 Å². The number of methoxy groups -OCH3 is 1. The lowest BCUT2D eigenvalue weighted by molar-refractivity contribution is -0.143. The number of hydrogen-bond acceptors (Lipinski definition) is 8. The number of carbonyl (C=O) groups excluding carboxylic acids is 4. The van der Waals surface area contributed by atoms with Crippen LogP contribution in [0.5, 0.6) is 0 Å². The quantitative estimate of drug-likeness (QED) is 0.0840. The van der Waals surface area contributed by atoms with Crippen molar-refractivity contribution in [2.75, 3.05) is 20.3 Å². The Hall–Kier alpha value is -4.80. The molecule has 2 aliphatic heterocycles. The number of aryl methyl sites for hydroxylation is 2. The second-order valence-electron chi connectivity index (χ2n) is 14.9. The van der Waals surface area contributed by atoms with E-state index in [4.69, 9.17) is 19.4 Å². The van der Waals surface area contributed by atoms with E-state index in [1.165, 1.54) is 7.11 Å². The summed E-state index contributed by atoms with van der Waals surface area (Å²) in [6, 6.07) is 5.89. The van der Waals surface area contributed by atoms with Crippen LogP contribution in [-0.2, 0) is 14.3 Å². The zero-order valence-electron chi connectivity index (χ0n) is 33.5. The van der Waals surface area contributed by atoms with Crippen molar-refractivity contribution in [1.82, 2.24) is 25.3 Å². The monoisotopic (exact) mass is 739 g/mol. The molecule has 5 heterocycles. The van der Waals surface area contributed by atoms with Crippen LogP contribution in [0.3, 0.4) is 0 Å². The number of nitrogens with zero attached hydrogens (tertiary/aromatic N) is 2. The van der Waals surface area contributed by atoms with Gasteiger partial charge in [0.15, 0.2) is 5.78 Å². The van der Waals surface area contributed by atoms with E-state index in [0.29, 0.717) is 70.6 Å². The van der Waals surface area contributed by atoms with E-state index in [9.17, 15) is 19.2 Å². The molecule has 0 unspecified atom stereocenters. The van der Waals surface area contributed by atoms with Gasteiger partial charge in [-0.05, 0) is 75.8 Å². The molecule has 11 heteroatoms. The molecule has 4 atom stereocenters. The van der Waals surface area contributed by atoms with Crippen LogP contribution in [0, 0.1) is 13.8 Å². The van der Waals surface area contributed by atoms with Crippen molar-refractivity contribution in [2.45, 2.75) is 130 Å². The van der Waals surface area contributed by atoms with Crippen LogP contribution in [0.4, 0.5) is 0 Å². The number of Topliss-reactive ketones (excluding diaryl/α,β-unsaturated/α-hetero) is 1. The highest BCUT2D eigenvalue weighted by atomic mass is 16.5. The predicted molar refractivity (Wildman–Crippen MR) is 211 cm³/mol. The Morgan fingerprint density at radius 1 is 0.778 bits per heavy atom. The molecular weight excluding hydrogens is 683 g/mol. The van der Waals surface area contributed by atoms with Crippen LogP contribution < -0.4 is 5.32 Å². The van der Waals surface area contributed by atoms with Crippen LogP contribution in [0.25, 0.3) is 22.1 Å². The van der Waals surface area contributed by atoms with Gasteiger partial charge in [-0.1, -0.05) is 53.9 Å². The van der Waals surface area contributed by atoms with Crippen molar-refractivity contribution in [3.8, 4) is 0 Å². The predicted octanol–water partition coefficient (Wildman–Crippen LogP) is 9.15. The lowest BCUT2D eigenvalue weighted by Gasteiger charge is -2.17. The topological polar surface area (TPSA) is 156 Å². The number of esters is 2. The zero-order chi connectivity index (χ0) is 39.3. The van der Waals surface area contributed by atoms with Gasteiger partial charge in [0.05, 0.1) is 36.0 Å². The number of aromatic amines is 2. The minimum atomic E-state index is -0.646. The summed E-state index contributed by atoms with van der Waals surface area (Å²) < 4.78 is 10.9. The first-order valence-electron chi connectivity index (χ1n) is 19.7. The molecule has 0 aromatic carbocycles. The molecule has 0 fully saturated rings. The van der Waals surface area contributed by atoms with E-state index >= 15 is 0 Å². The van der Waals surface area contributed by atoms with Gasteiger partial charge in [-0.2, -0.15) is 0 Å². The fourth-order valence-electron chi connectivity index (χ4n) is 8.08. The number of nitrogens with one attached hydrogen (secondary N) is 3. The summed E-state index contributed by atoms with van der Waals surface area (Å²) in [5, 5.41) is 3.11. The Labute approximate surface area is 318 Å². The Kier molecular flexibility index (Phi) is 13.1. The molecule has 8 bridgehead atoms. The average molecular weight is 740 g/mol. The molecule has 11 nitrogen and oxygen atoms in total. The summed E-state index contributed by atoms with van der Waals surface area (Å²) in [5.74, 6) is -1.83. The first-order valence-corrected chi connectivity index (χ1v) is 19.7. The van der Waals surface area contributed by atoms with E-state index in [1.807, 2.05) is 45.9 Å². The molecule has 3 aromatic heterocycles.